The minimum Gasteiger partial charge on any atom is -0.331 e. The largest absolute Gasteiger partial charge is 0.331 e. The van der Waals surface area contributed by atoms with Crippen LogP contribution in [-0.2, 0) is 0 Å². The Balaban J connectivity index is 2.01. The van der Waals surface area contributed by atoms with Crippen LogP contribution in [0.15, 0.2) is 47.4 Å². The fourth-order valence-corrected chi connectivity index (χ4v) is 3.03. The number of carbonyl (C=O) groups is 1. The van der Waals surface area contributed by atoms with Gasteiger partial charge in [0.25, 0.3) is 0 Å². The van der Waals surface area contributed by atoms with Gasteiger partial charge in [-0.05, 0) is 49.1 Å². The zero-order valence-corrected chi connectivity index (χ0v) is 14.5. The lowest BCUT2D eigenvalue weighted by molar-refractivity contribution is 0.249. The Morgan fingerprint density at radius 3 is 2.64 bits per heavy atom. The Kier molecular flexibility index (Phi) is 6.00. The van der Waals surface area contributed by atoms with Crippen molar-refractivity contribution in [2.45, 2.75) is 17.9 Å². The topological polar surface area (TPSA) is 41.1 Å². The number of hydrogen-bond acceptors (Lipinski definition) is 2. The fourth-order valence-electron chi connectivity index (χ4n) is 2.00. The van der Waals surface area contributed by atoms with Crippen LogP contribution >= 0.6 is 35.0 Å². The number of amides is 2. The van der Waals surface area contributed by atoms with Gasteiger partial charge in [-0.2, -0.15) is 0 Å². The van der Waals surface area contributed by atoms with Crippen molar-refractivity contribution >= 4 is 46.7 Å². The van der Waals surface area contributed by atoms with Gasteiger partial charge in [0.15, 0.2) is 0 Å². The lowest BCUT2D eigenvalue weighted by atomic mass is 10.1. The molecule has 6 heteroatoms. The van der Waals surface area contributed by atoms with Crippen LogP contribution in [0.25, 0.3) is 0 Å². The summed E-state index contributed by atoms with van der Waals surface area (Å²) >= 11 is 13.6. The molecule has 2 aromatic rings. The molecule has 0 aliphatic rings. The van der Waals surface area contributed by atoms with Crippen molar-refractivity contribution in [3.8, 4) is 0 Å². The summed E-state index contributed by atoms with van der Waals surface area (Å²) in [6, 6.07) is 12.4. The standard InChI is InChI=1S/C16H16Cl2N2OS/c1-10(14-7-6-11(17)8-15(14)18)19-16(21)20-12-4-3-5-13(9-12)22-2/h3-10H,1-2H3,(H2,19,20,21)/t10-/m1/s1. The number of urea groups is 1. The number of carbonyl (C=O) groups excluding carboxylic acids is 1. The van der Waals surface area contributed by atoms with Crippen molar-refractivity contribution in [2.75, 3.05) is 11.6 Å². The summed E-state index contributed by atoms with van der Waals surface area (Å²) in [5.41, 5.74) is 1.57. The molecule has 0 radical (unpaired) electrons. The minimum absolute atomic E-state index is 0.228. The van der Waals surface area contributed by atoms with Crippen LogP contribution in [0, 0.1) is 0 Å². The molecular formula is C16H16Cl2N2OS. The molecule has 0 saturated carbocycles. The molecule has 2 N–H and O–H groups in total. The highest BCUT2D eigenvalue weighted by molar-refractivity contribution is 7.98. The van der Waals surface area contributed by atoms with Gasteiger partial charge in [-0.15, -0.1) is 11.8 Å². The molecular weight excluding hydrogens is 339 g/mol. The van der Waals surface area contributed by atoms with Gasteiger partial charge in [0.1, 0.15) is 0 Å². The molecule has 0 aliphatic heterocycles. The van der Waals surface area contributed by atoms with E-state index in [1.54, 1.807) is 23.9 Å². The molecule has 2 rings (SSSR count). The van der Waals surface area contributed by atoms with E-state index >= 15 is 0 Å². The molecule has 0 aromatic heterocycles. The van der Waals surface area contributed by atoms with Gasteiger partial charge in [0.2, 0.25) is 0 Å². The summed E-state index contributed by atoms with van der Waals surface area (Å²) in [5, 5.41) is 6.77. The number of nitrogens with one attached hydrogen (secondary N) is 2. The summed E-state index contributed by atoms with van der Waals surface area (Å²) < 4.78 is 0. The highest BCUT2D eigenvalue weighted by Crippen LogP contribution is 2.26. The number of hydrogen-bond donors (Lipinski definition) is 2. The van der Waals surface area contributed by atoms with Gasteiger partial charge in [-0.3, -0.25) is 0 Å². The second-order valence-corrected chi connectivity index (χ2v) is 6.44. The second kappa shape index (κ2) is 7.77. The molecule has 0 fully saturated rings. The lowest BCUT2D eigenvalue weighted by Crippen LogP contribution is -2.31. The smallest absolute Gasteiger partial charge is 0.319 e. The van der Waals surface area contributed by atoms with E-state index in [-0.39, 0.29) is 12.1 Å². The van der Waals surface area contributed by atoms with E-state index in [2.05, 4.69) is 10.6 Å². The van der Waals surface area contributed by atoms with Crippen LogP contribution in [0.1, 0.15) is 18.5 Å². The van der Waals surface area contributed by atoms with Gasteiger partial charge < -0.3 is 10.6 Å². The molecule has 116 valence electrons. The van der Waals surface area contributed by atoms with Crippen LogP contribution in [0.4, 0.5) is 10.5 Å². The molecule has 2 aromatic carbocycles. The molecule has 0 bridgehead atoms. The van der Waals surface area contributed by atoms with E-state index in [0.29, 0.717) is 10.0 Å². The monoisotopic (exact) mass is 354 g/mol. The Morgan fingerprint density at radius 2 is 1.95 bits per heavy atom. The van der Waals surface area contributed by atoms with Crippen molar-refractivity contribution in [1.82, 2.24) is 5.32 Å². The van der Waals surface area contributed by atoms with E-state index < -0.39 is 0 Å². The molecule has 0 saturated heterocycles. The van der Waals surface area contributed by atoms with Crippen LogP contribution < -0.4 is 10.6 Å². The number of rotatable bonds is 4. The molecule has 0 aliphatic carbocycles. The van der Waals surface area contributed by atoms with Crippen molar-refractivity contribution in [1.29, 1.82) is 0 Å². The van der Waals surface area contributed by atoms with Crippen LogP contribution in [-0.4, -0.2) is 12.3 Å². The minimum atomic E-state index is -0.281. The van der Waals surface area contributed by atoms with E-state index in [4.69, 9.17) is 23.2 Å². The molecule has 22 heavy (non-hydrogen) atoms. The van der Waals surface area contributed by atoms with Gasteiger partial charge in [-0.25, -0.2) is 4.79 Å². The third-order valence-corrected chi connectivity index (χ3v) is 4.39. The van der Waals surface area contributed by atoms with Crippen molar-refractivity contribution in [3.63, 3.8) is 0 Å². The van der Waals surface area contributed by atoms with Gasteiger partial charge >= 0.3 is 6.03 Å². The maximum absolute atomic E-state index is 12.1. The number of benzene rings is 2. The first-order valence-corrected chi connectivity index (χ1v) is 8.64. The molecule has 1 atom stereocenters. The summed E-state index contributed by atoms with van der Waals surface area (Å²) in [5.74, 6) is 0. The number of thioether (sulfide) groups is 1. The summed E-state index contributed by atoms with van der Waals surface area (Å²) in [6.07, 6.45) is 1.99. The van der Waals surface area contributed by atoms with Gasteiger partial charge in [-0.1, -0.05) is 35.3 Å². The van der Waals surface area contributed by atoms with Crippen molar-refractivity contribution < 1.29 is 4.79 Å². The Bertz CT molecular complexity index is 679. The third-order valence-electron chi connectivity index (χ3n) is 3.10. The highest BCUT2D eigenvalue weighted by Gasteiger charge is 2.13. The summed E-state index contributed by atoms with van der Waals surface area (Å²) in [6.45, 7) is 1.87. The SMILES string of the molecule is CSc1cccc(NC(=O)N[C@H](C)c2ccc(Cl)cc2Cl)c1. The van der Waals surface area contributed by atoms with Gasteiger partial charge in [0, 0.05) is 20.6 Å². The van der Waals surface area contributed by atoms with E-state index in [0.717, 1.165) is 16.1 Å². The Hall–Kier alpha value is -1.36. The average Bonchev–Trinajstić information content (AvgIpc) is 2.47. The van der Waals surface area contributed by atoms with Crippen LogP contribution in [0.3, 0.4) is 0 Å². The van der Waals surface area contributed by atoms with E-state index in [9.17, 15) is 4.79 Å². The first-order chi connectivity index (χ1) is 10.5. The normalized spacial score (nSPS) is 11.8. The third kappa shape index (κ3) is 4.57. The summed E-state index contributed by atoms with van der Waals surface area (Å²) in [7, 11) is 0. The molecule has 0 spiro atoms. The quantitative estimate of drug-likeness (QED) is 0.701. The molecule has 0 unspecified atom stereocenters. The first kappa shape index (κ1) is 17.0. The average molecular weight is 355 g/mol. The predicted octanol–water partition coefficient (Wildman–Crippen LogP) is 5.60. The number of halogens is 2. The van der Waals surface area contributed by atoms with Crippen molar-refractivity contribution in [3.05, 3.63) is 58.1 Å². The molecule has 3 nitrogen and oxygen atoms in total. The summed E-state index contributed by atoms with van der Waals surface area (Å²) in [4.78, 5) is 13.2. The van der Waals surface area contributed by atoms with E-state index in [1.165, 1.54) is 0 Å². The zero-order chi connectivity index (χ0) is 16.1. The van der Waals surface area contributed by atoms with E-state index in [1.807, 2.05) is 43.5 Å². The highest BCUT2D eigenvalue weighted by atomic mass is 35.5. The fraction of sp³-hybridized carbons (Fsp3) is 0.188. The first-order valence-electron chi connectivity index (χ1n) is 6.66. The van der Waals surface area contributed by atoms with Gasteiger partial charge in [0.05, 0.1) is 6.04 Å². The molecule has 2 amide bonds. The Morgan fingerprint density at radius 1 is 1.18 bits per heavy atom. The Labute approximate surface area is 144 Å². The maximum Gasteiger partial charge on any atom is 0.319 e. The van der Waals surface area contributed by atoms with Crippen molar-refractivity contribution in [2.24, 2.45) is 0 Å². The lowest BCUT2D eigenvalue weighted by Gasteiger charge is -2.16. The molecule has 0 heterocycles. The van der Waals surface area contributed by atoms with Crippen LogP contribution in [0.2, 0.25) is 10.0 Å². The maximum atomic E-state index is 12.1. The number of anilines is 1. The van der Waals surface area contributed by atoms with Crippen LogP contribution in [0.5, 0.6) is 0 Å². The second-order valence-electron chi connectivity index (χ2n) is 4.72. The zero-order valence-electron chi connectivity index (χ0n) is 12.2. The predicted molar refractivity (Wildman–Crippen MR) is 95.3 cm³/mol.